The number of rotatable bonds is 7. The fraction of sp³-hybridized carbons (Fsp3) is 1.00. The molecule has 0 aromatic rings. The smallest absolute Gasteiger partial charge is 0.0791 e. The van der Waals surface area contributed by atoms with E-state index in [0.717, 1.165) is 45.8 Å². The molecule has 0 radical (unpaired) electrons. The van der Waals surface area contributed by atoms with E-state index in [1.54, 1.807) is 0 Å². The molecule has 1 aliphatic rings. The fourth-order valence-electron chi connectivity index (χ4n) is 1.85. The van der Waals surface area contributed by atoms with Crippen molar-refractivity contribution in [3.63, 3.8) is 0 Å². The van der Waals surface area contributed by atoms with Crippen LogP contribution in [0.25, 0.3) is 0 Å². The molecule has 1 fully saturated rings. The number of ether oxygens (including phenoxy) is 1. The molecular formula is C13H28N2O2. The molecule has 4 nitrogen and oxygen atoms in total. The first-order valence-electron chi connectivity index (χ1n) is 6.72. The zero-order valence-corrected chi connectivity index (χ0v) is 11.5. The molecule has 0 saturated carbocycles. The summed E-state index contributed by atoms with van der Waals surface area (Å²) in [7, 11) is 0. The summed E-state index contributed by atoms with van der Waals surface area (Å²) in [6, 6.07) is 0. The van der Waals surface area contributed by atoms with Crippen LogP contribution in [0.15, 0.2) is 0 Å². The molecule has 2 N–H and O–H groups in total. The van der Waals surface area contributed by atoms with Crippen LogP contribution in [0, 0.1) is 5.41 Å². The SMILES string of the molecule is CCC(C)(C)CNCC(O)CN1CCOCC1. The van der Waals surface area contributed by atoms with Gasteiger partial charge in [0.1, 0.15) is 0 Å². The van der Waals surface area contributed by atoms with Gasteiger partial charge in [0.2, 0.25) is 0 Å². The van der Waals surface area contributed by atoms with Crippen LogP contribution in [0.2, 0.25) is 0 Å². The molecule has 4 heteroatoms. The van der Waals surface area contributed by atoms with Crippen molar-refractivity contribution in [1.29, 1.82) is 0 Å². The molecule has 0 aromatic heterocycles. The predicted octanol–water partition coefficient (Wildman–Crippen LogP) is 0.705. The van der Waals surface area contributed by atoms with E-state index < -0.39 is 0 Å². The van der Waals surface area contributed by atoms with E-state index in [1.807, 2.05) is 0 Å². The average molecular weight is 244 g/mol. The van der Waals surface area contributed by atoms with Crippen LogP contribution < -0.4 is 5.32 Å². The summed E-state index contributed by atoms with van der Waals surface area (Å²) in [6.07, 6.45) is 0.875. The van der Waals surface area contributed by atoms with Crippen molar-refractivity contribution < 1.29 is 9.84 Å². The topological polar surface area (TPSA) is 44.7 Å². The highest BCUT2D eigenvalue weighted by atomic mass is 16.5. The molecule has 0 aliphatic carbocycles. The van der Waals surface area contributed by atoms with Crippen LogP contribution in [0.4, 0.5) is 0 Å². The maximum Gasteiger partial charge on any atom is 0.0791 e. The van der Waals surface area contributed by atoms with Gasteiger partial charge in [0.15, 0.2) is 0 Å². The number of hydrogen-bond acceptors (Lipinski definition) is 4. The summed E-state index contributed by atoms with van der Waals surface area (Å²) in [5, 5.41) is 13.3. The quantitative estimate of drug-likeness (QED) is 0.692. The molecule has 1 aliphatic heterocycles. The highest BCUT2D eigenvalue weighted by Gasteiger charge is 2.17. The minimum Gasteiger partial charge on any atom is -0.390 e. The summed E-state index contributed by atoms with van der Waals surface area (Å²) >= 11 is 0. The second kappa shape index (κ2) is 7.31. The van der Waals surface area contributed by atoms with Gasteiger partial charge in [0.05, 0.1) is 19.3 Å². The van der Waals surface area contributed by atoms with Crippen molar-refractivity contribution in [3.05, 3.63) is 0 Å². The van der Waals surface area contributed by atoms with Gasteiger partial charge >= 0.3 is 0 Å². The number of β-amino-alcohol motifs (C(OH)–C–C–N with tert-alkyl or cyclic N) is 1. The Balaban J connectivity index is 2.10. The second-order valence-electron chi connectivity index (χ2n) is 5.72. The summed E-state index contributed by atoms with van der Waals surface area (Å²) in [5.74, 6) is 0. The first-order chi connectivity index (χ1) is 8.03. The van der Waals surface area contributed by atoms with Crippen molar-refractivity contribution in [1.82, 2.24) is 10.2 Å². The molecular weight excluding hydrogens is 216 g/mol. The van der Waals surface area contributed by atoms with Crippen LogP contribution in [0.3, 0.4) is 0 Å². The van der Waals surface area contributed by atoms with Crippen molar-refractivity contribution >= 4 is 0 Å². The Morgan fingerprint density at radius 3 is 2.59 bits per heavy atom. The number of nitrogens with zero attached hydrogens (tertiary/aromatic N) is 1. The minimum atomic E-state index is -0.277. The molecule has 1 rings (SSSR count). The molecule has 1 unspecified atom stereocenters. The predicted molar refractivity (Wildman–Crippen MR) is 70.2 cm³/mol. The number of aliphatic hydroxyl groups excluding tert-OH is 1. The Morgan fingerprint density at radius 1 is 1.35 bits per heavy atom. The van der Waals surface area contributed by atoms with Crippen LogP contribution in [0.1, 0.15) is 27.2 Å². The Morgan fingerprint density at radius 2 is 2.00 bits per heavy atom. The number of aliphatic hydroxyl groups is 1. The maximum absolute atomic E-state index is 9.93. The van der Waals surface area contributed by atoms with Gasteiger partial charge in [0.25, 0.3) is 0 Å². The minimum absolute atomic E-state index is 0.277. The first-order valence-corrected chi connectivity index (χ1v) is 6.72. The monoisotopic (exact) mass is 244 g/mol. The van der Waals surface area contributed by atoms with Crippen LogP contribution in [0.5, 0.6) is 0 Å². The van der Waals surface area contributed by atoms with E-state index in [-0.39, 0.29) is 6.10 Å². The highest BCUT2D eigenvalue weighted by Crippen LogP contribution is 2.17. The zero-order chi connectivity index (χ0) is 12.7. The molecule has 0 aromatic carbocycles. The van der Waals surface area contributed by atoms with Gasteiger partial charge in [-0.3, -0.25) is 4.90 Å². The summed E-state index contributed by atoms with van der Waals surface area (Å²) in [5.41, 5.74) is 0.318. The lowest BCUT2D eigenvalue weighted by Crippen LogP contribution is -2.44. The van der Waals surface area contributed by atoms with Crippen LogP contribution in [-0.2, 0) is 4.74 Å². The van der Waals surface area contributed by atoms with E-state index in [2.05, 4.69) is 31.0 Å². The van der Waals surface area contributed by atoms with E-state index in [1.165, 1.54) is 0 Å². The summed E-state index contributed by atoms with van der Waals surface area (Å²) in [4.78, 5) is 2.26. The molecule has 1 saturated heterocycles. The first kappa shape index (κ1) is 14.9. The zero-order valence-electron chi connectivity index (χ0n) is 11.5. The van der Waals surface area contributed by atoms with Crippen molar-refractivity contribution in [3.8, 4) is 0 Å². The number of hydrogen-bond donors (Lipinski definition) is 2. The summed E-state index contributed by atoms with van der Waals surface area (Å²) in [6.45, 7) is 12.6. The number of nitrogens with one attached hydrogen (secondary N) is 1. The number of morpholine rings is 1. The molecule has 1 atom stereocenters. The molecule has 0 amide bonds. The largest absolute Gasteiger partial charge is 0.390 e. The third kappa shape index (κ3) is 6.36. The normalized spacial score (nSPS) is 20.5. The highest BCUT2D eigenvalue weighted by molar-refractivity contribution is 4.73. The maximum atomic E-state index is 9.93. The Kier molecular flexibility index (Phi) is 6.41. The van der Waals surface area contributed by atoms with E-state index in [0.29, 0.717) is 12.0 Å². The Hall–Kier alpha value is -0.160. The van der Waals surface area contributed by atoms with Gasteiger partial charge in [-0.05, 0) is 11.8 Å². The standard InChI is InChI=1S/C13H28N2O2/c1-4-13(2,3)11-14-9-12(16)10-15-5-7-17-8-6-15/h12,14,16H,4-11H2,1-3H3. The summed E-state index contributed by atoms with van der Waals surface area (Å²) < 4.78 is 5.28. The molecule has 102 valence electrons. The van der Waals surface area contributed by atoms with Gasteiger partial charge < -0.3 is 15.2 Å². The Bertz CT molecular complexity index is 204. The van der Waals surface area contributed by atoms with Crippen molar-refractivity contribution in [2.45, 2.75) is 33.3 Å². The third-order valence-corrected chi connectivity index (χ3v) is 3.51. The lowest BCUT2D eigenvalue weighted by atomic mass is 9.90. The van der Waals surface area contributed by atoms with Crippen LogP contribution in [-0.4, -0.2) is 62.0 Å². The van der Waals surface area contributed by atoms with E-state index in [4.69, 9.17) is 4.74 Å². The molecule has 17 heavy (non-hydrogen) atoms. The Labute approximate surface area is 105 Å². The van der Waals surface area contributed by atoms with Gasteiger partial charge in [-0.25, -0.2) is 0 Å². The van der Waals surface area contributed by atoms with Gasteiger partial charge in [-0.1, -0.05) is 20.8 Å². The average Bonchev–Trinajstić information content (AvgIpc) is 2.30. The second-order valence-corrected chi connectivity index (χ2v) is 5.72. The van der Waals surface area contributed by atoms with E-state index in [9.17, 15) is 5.11 Å². The molecule has 1 heterocycles. The lowest BCUT2D eigenvalue weighted by Gasteiger charge is -2.29. The molecule has 0 spiro atoms. The van der Waals surface area contributed by atoms with Crippen molar-refractivity contribution in [2.24, 2.45) is 5.41 Å². The van der Waals surface area contributed by atoms with Crippen molar-refractivity contribution in [2.75, 3.05) is 45.9 Å². The van der Waals surface area contributed by atoms with Gasteiger partial charge in [-0.2, -0.15) is 0 Å². The fourth-order valence-corrected chi connectivity index (χ4v) is 1.85. The molecule has 0 bridgehead atoms. The third-order valence-electron chi connectivity index (χ3n) is 3.51. The van der Waals surface area contributed by atoms with E-state index >= 15 is 0 Å². The lowest BCUT2D eigenvalue weighted by molar-refractivity contribution is 0.0146. The van der Waals surface area contributed by atoms with Gasteiger partial charge in [0, 0.05) is 32.7 Å². The van der Waals surface area contributed by atoms with Crippen LogP contribution >= 0.6 is 0 Å². The van der Waals surface area contributed by atoms with Gasteiger partial charge in [-0.15, -0.1) is 0 Å².